The summed E-state index contributed by atoms with van der Waals surface area (Å²) in [6, 6.07) is 0. The average molecular weight is 301 g/mol. The van der Waals surface area contributed by atoms with E-state index < -0.39 is 0 Å². The predicted octanol–water partition coefficient (Wildman–Crippen LogP) is 4.81. The number of hydrogen-bond acceptors (Lipinski definition) is 0. The van der Waals surface area contributed by atoms with Crippen molar-refractivity contribution in [3.8, 4) is 0 Å². The fourth-order valence-electron chi connectivity index (χ4n) is 1.16. The minimum atomic E-state index is -0.250. The van der Waals surface area contributed by atoms with Crippen molar-refractivity contribution >= 4 is 9.52 Å². The van der Waals surface area contributed by atoms with Gasteiger partial charge in [-0.3, -0.25) is 6.08 Å². The molecule has 0 heterocycles. The summed E-state index contributed by atoms with van der Waals surface area (Å²) >= 11 is 0. The van der Waals surface area contributed by atoms with Crippen LogP contribution in [-0.4, -0.2) is 15.1 Å². The molecule has 0 aromatic carbocycles. The first kappa shape index (κ1) is 23.5. The van der Waals surface area contributed by atoms with Crippen molar-refractivity contribution in [2.75, 3.05) is 0 Å². The van der Waals surface area contributed by atoms with Gasteiger partial charge < -0.3 is 5.73 Å². The smallest absolute Gasteiger partial charge is 0.673 e. The molecule has 0 radical (unpaired) electrons. The van der Waals surface area contributed by atoms with Gasteiger partial charge >= 0.3 is 21.7 Å². The summed E-state index contributed by atoms with van der Waals surface area (Å²) in [4.78, 5) is 0. The van der Waals surface area contributed by atoms with Crippen LogP contribution in [0.5, 0.6) is 0 Å². The van der Waals surface area contributed by atoms with Gasteiger partial charge in [0, 0.05) is 9.52 Å². The number of allylic oxidation sites excluding steroid dienone is 4. The van der Waals surface area contributed by atoms with Crippen LogP contribution in [0, 0.1) is 12.0 Å². The maximum absolute atomic E-state index is 6.94. The average Bonchev–Trinajstić information content (AvgIpc) is 2.32. The fraction of sp³-hybridized carbons (Fsp3) is 0.733. The Morgan fingerprint density at radius 2 is 1.39 bits per heavy atom. The topological polar surface area (TPSA) is 23.8 Å². The number of nitrogens with one attached hydrogen (secondary N) is 1. The van der Waals surface area contributed by atoms with Crippen molar-refractivity contribution < 1.29 is 21.7 Å². The van der Waals surface area contributed by atoms with Crippen LogP contribution >= 0.6 is 0 Å². The molecule has 0 bridgehead atoms. The van der Waals surface area contributed by atoms with Crippen LogP contribution in [0.15, 0.2) is 16.7 Å². The van der Waals surface area contributed by atoms with E-state index >= 15 is 0 Å². The molecule has 0 aromatic rings. The second-order valence-corrected chi connectivity index (χ2v) is 7.17. The van der Waals surface area contributed by atoms with Gasteiger partial charge in [0.1, 0.15) is 0 Å². The molecule has 1 aliphatic rings. The zero-order valence-electron chi connectivity index (χ0n) is 13.8. The van der Waals surface area contributed by atoms with E-state index in [0.29, 0.717) is 15.4 Å². The molecule has 1 rings (SSSR count). The zero-order valence-corrected chi connectivity index (χ0v) is 16.8. The maximum Gasteiger partial charge on any atom is 2.00 e. The molecular formula is C15H31NSiTi. The first-order chi connectivity index (χ1) is 7.54. The van der Waals surface area contributed by atoms with E-state index in [-0.39, 0.29) is 27.3 Å². The number of hydrogen-bond donors (Lipinski definition) is 0. The van der Waals surface area contributed by atoms with Gasteiger partial charge in [0.2, 0.25) is 0 Å². The van der Waals surface area contributed by atoms with Crippen molar-refractivity contribution in [3.63, 3.8) is 0 Å². The Balaban J connectivity index is -0.000000216. The molecule has 0 saturated carbocycles. The van der Waals surface area contributed by atoms with Gasteiger partial charge in [-0.25, -0.2) is 5.57 Å². The minimum Gasteiger partial charge on any atom is -0.673 e. The molecule has 104 valence electrons. The molecule has 1 unspecified atom stereocenters. The van der Waals surface area contributed by atoms with Crippen LogP contribution in [0.3, 0.4) is 0 Å². The van der Waals surface area contributed by atoms with Crippen molar-refractivity contribution in [2.24, 2.45) is 5.92 Å². The summed E-state index contributed by atoms with van der Waals surface area (Å²) in [6.45, 7) is 18.8. The van der Waals surface area contributed by atoms with Crippen LogP contribution in [0.1, 0.15) is 48.5 Å². The molecule has 18 heavy (non-hydrogen) atoms. The molecule has 1 atom stereocenters. The Kier molecular flexibility index (Phi) is 14.6. The first-order valence-electron chi connectivity index (χ1n) is 6.57. The summed E-state index contributed by atoms with van der Waals surface area (Å²) < 4.78 is 0. The van der Waals surface area contributed by atoms with Gasteiger partial charge in [-0.1, -0.05) is 60.6 Å². The Labute approximate surface area is 132 Å². The van der Waals surface area contributed by atoms with Crippen molar-refractivity contribution in [3.05, 3.63) is 28.5 Å². The monoisotopic (exact) mass is 301 g/mol. The van der Waals surface area contributed by atoms with Crippen molar-refractivity contribution in [2.45, 2.75) is 67.1 Å². The molecule has 0 aliphatic heterocycles. The van der Waals surface area contributed by atoms with Crippen LogP contribution < -0.4 is 0 Å². The second kappa shape index (κ2) is 11.2. The first-order valence-corrected chi connectivity index (χ1v) is 9.40. The molecule has 0 saturated heterocycles. The van der Waals surface area contributed by atoms with E-state index in [4.69, 9.17) is 5.73 Å². The van der Waals surface area contributed by atoms with Gasteiger partial charge in [-0.2, -0.15) is 11.1 Å². The van der Waals surface area contributed by atoms with Crippen LogP contribution in [0.4, 0.5) is 0 Å². The normalized spacial score (nSPS) is 17.9. The summed E-state index contributed by atoms with van der Waals surface area (Å²) in [5.41, 5.74) is 10.9. The Bertz CT molecular complexity index is 269. The van der Waals surface area contributed by atoms with E-state index in [1.807, 2.05) is 20.8 Å². The Hall–Kier alpha value is 0.371. The maximum atomic E-state index is 6.94. The molecule has 1 N–H and O–H groups in total. The van der Waals surface area contributed by atoms with Crippen LogP contribution in [0.25, 0.3) is 5.73 Å². The quantitative estimate of drug-likeness (QED) is 0.453. The van der Waals surface area contributed by atoms with E-state index in [2.05, 4.69) is 46.9 Å². The predicted molar refractivity (Wildman–Crippen MR) is 84.3 cm³/mol. The summed E-state index contributed by atoms with van der Waals surface area (Å²) in [6.07, 6.45) is 3.36. The van der Waals surface area contributed by atoms with Crippen LogP contribution in [0.2, 0.25) is 13.1 Å². The SMILES string of the molecule is CC(C)(C)[NH-].CC1=[C-]C(C)C(C)=C1C.C[SiH2]C.[Ti+2]. The van der Waals surface area contributed by atoms with Gasteiger partial charge in [0.05, 0.1) is 0 Å². The van der Waals surface area contributed by atoms with Gasteiger partial charge in [0.25, 0.3) is 0 Å². The summed E-state index contributed by atoms with van der Waals surface area (Å²) in [5, 5.41) is 0. The van der Waals surface area contributed by atoms with Crippen LogP contribution in [-0.2, 0) is 21.7 Å². The molecule has 0 amide bonds. The van der Waals surface area contributed by atoms with E-state index in [1.165, 1.54) is 16.7 Å². The molecule has 0 spiro atoms. The van der Waals surface area contributed by atoms with E-state index in [9.17, 15) is 0 Å². The number of rotatable bonds is 0. The molecule has 1 nitrogen and oxygen atoms in total. The Morgan fingerprint density at radius 1 is 1.11 bits per heavy atom. The Morgan fingerprint density at radius 3 is 1.44 bits per heavy atom. The minimum absolute atomic E-state index is 0. The third kappa shape index (κ3) is 14.4. The van der Waals surface area contributed by atoms with E-state index in [1.54, 1.807) is 0 Å². The molecule has 1 aliphatic carbocycles. The molecule has 0 aromatic heterocycles. The largest absolute Gasteiger partial charge is 2.00 e. The summed E-state index contributed by atoms with van der Waals surface area (Å²) in [5.74, 6) is 0.560. The van der Waals surface area contributed by atoms with Gasteiger partial charge in [-0.15, -0.1) is 12.5 Å². The molecule has 3 heteroatoms. The molecular weight excluding hydrogens is 270 g/mol. The van der Waals surface area contributed by atoms with Crippen molar-refractivity contribution in [1.29, 1.82) is 0 Å². The third-order valence-corrected chi connectivity index (χ3v) is 2.24. The second-order valence-electron chi connectivity index (χ2n) is 5.76. The van der Waals surface area contributed by atoms with Gasteiger partial charge in [-0.05, 0) is 0 Å². The standard InChI is InChI=1S/C9H13.C4H10N.C2H8Si.Ti/c1-6-5-7(2)9(4)8(6)3;1-4(2,3)5;1-3-2;/h6H,1-4H3;5H,1-3H3;3H2,1-2H3;/q2*-1;;+2. The zero-order chi connectivity index (χ0) is 14.2. The molecule has 0 fully saturated rings. The summed E-state index contributed by atoms with van der Waals surface area (Å²) in [7, 11) is 0.417. The fourth-order valence-corrected chi connectivity index (χ4v) is 1.16. The van der Waals surface area contributed by atoms with Crippen molar-refractivity contribution in [1.82, 2.24) is 0 Å². The third-order valence-electron chi connectivity index (χ3n) is 2.24. The van der Waals surface area contributed by atoms with Gasteiger partial charge in [0.15, 0.2) is 0 Å². The van der Waals surface area contributed by atoms with E-state index in [0.717, 1.165) is 0 Å².